The van der Waals surface area contributed by atoms with Crippen LogP contribution in [0, 0.1) is 0 Å². The Bertz CT molecular complexity index is 416. The van der Waals surface area contributed by atoms with E-state index in [2.05, 4.69) is 9.72 Å². The minimum absolute atomic E-state index is 0.0260. The third kappa shape index (κ3) is 2.94. The number of carboxylic acids is 1. The molecule has 0 amide bonds. The van der Waals surface area contributed by atoms with Crippen LogP contribution in [0.25, 0.3) is 0 Å². The lowest BCUT2D eigenvalue weighted by Crippen LogP contribution is -2.08. The molecule has 0 saturated carbocycles. The van der Waals surface area contributed by atoms with E-state index in [4.69, 9.17) is 9.84 Å². The topological polar surface area (TPSA) is 85.7 Å². The number of nitrogens with zero attached hydrogens (tertiary/aromatic N) is 1. The number of carboxylic acid groups (broad SMARTS) is 1. The van der Waals surface area contributed by atoms with E-state index in [1.807, 2.05) is 0 Å². The van der Waals surface area contributed by atoms with E-state index in [9.17, 15) is 9.59 Å². The van der Waals surface area contributed by atoms with Gasteiger partial charge in [-0.1, -0.05) is 0 Å². The number of rotatable bonds is 4. The van der Waals surface area contributed by atoms with Crippen LogP contribution in [0.5, 0.6) is 5.88 Å². The van der Waals surface area contributed by atoms with E-state index in [0.717, 1.165) is 0 Å². The Labute approximate surface area is 91.8 Å². The molecule has 1 N–H and O–H groups in total. The Morgan fingerprint density at radius 2 is 2.06 bits per heavy atom. The first-order chi connectivity index (χ1) is 7.56. The van der Waals surface area contributed by atoms with Crippen LogP contribution in [0.3, 0.4) is 0 Å². The van der Waals surface area contributed by atoms with Crippen molar-refractivity contribution >= 4 is 11.9 Å². The number of aromatic nitrogens is 1. The van der Waals surface area contributed by atoms with Crippen molar-refractivity contribution in [2.45, 2.75) is 6.42 Å². The molecule has 0 bridgehead atoms. The second kappa shape index (κ2) is 5.11. The summed E-state index contributed by atoms with van der Waals surface area (Å²) < 4.78 is 9.35. The minimum Gasteiger partial charge on any atom is -0.481 e. The second-order valence-corrected chi connectivity index (χ2v) is 2.97. The zero-order valence-corrected chi connectivity index (χ0v) is 8.89. The Kier molecular flexibility index (Phi) is 3.82. The summed E-state index contributed by atoms with van der Waals surface area (Å²) >= 11 is 0. The summed E-state index contributed by atoms with van der Waals surface area (Å²) in [5, 5.41) is 8.64. The van der Waals surface area contributed by atoms with Gasteiger partial charge in [0, 0.05) is 6.07 Å². The van der Waals surface area contributed by atoms with E-state index >= 15 is 0 Å². The molecule has 1 heterocycles. The van der Waals surface area contributed by atoms with E-state index in [0.29, 0.717) is 5.56 Å². The summed E-state index contributed by atoms with van der Waals surface area (Å²) in [5.41, 5.74) is 0.456. The van der Waals surface area contributed by atoms with Gasteiger partial charge in [0.2, 0.25) is 5.88 Å². The molecule has 0 fully saturated rings. The van der Waals surface area contributed by atoms with E-state index in [1.165, 1.54) is 26.4 Å². The summed E-state index contributed by atoms with van der Waals surface area (Å²) in [5.74, 6) is -1.45. The van der Waals surface area contributed by atoms with Crippen molar-refractivity contribution < 1.29 is 24.2 Å². The van der Waals surface area contributed by atoms with Crippen LogP contribution in [0.4, 0.5) is 0 Å². The number of pyridine rings is 1. The van der Waals surface area contributed by atoms with Crippen LogP contribution in [-0.2, 0) is 16.0 Å². The van der Waals surface area contributed by atoms with Crippen LogP contribution in [0.2, 0.25) is 0 Å². The second-order valence-electron chi connectivity index (χ2n) is 2.97. The van der Waals surface area contributed by atoms with Crippen LogP contribution in [0.15, 0.2) is 12.1 Å². The predicted octanol–water partition coefficient (Wildman–Crippen LogP) is 0.504. The summed E-state index contributed by atoms with van der Waals surface area (Å²) in [7, 11) is 2.61. The van der Waals surface area contributed by atoms with Crippen molar-refractivity contribution in [2.75, 3.05) is 14.2 Å². The van der Waals surface area contributed by atoms with Crippen molar-refractivity contribution in [1.82, 2.24) is 4.98 Å². The molecule has 0 unspecified atom stereocenters. The summed E-state index contributed by atoms with van der Waals surface area (Å²) in [6, 6.07) is 2.82. The number of hydrogen-bond donors (Lipinski definition) is 1. The first kappa shape index (κ1) is 12.0. The Hall–Kier alpha value is -2.11. The average Bonchev–Trinajstić information content (AvgIpc) is 2.26. The molecule has 6 heteroatoms. The maximum Gasteiger partial charge on any atom is 0.356 e. The molecule has 0 atom stereocenters. The summed E-state index contributed by atoms with van der Waals surface area (Å²) in [6.07, 6.45) is -0.205. The lowest BCUT2D eigenvalue weighted by Gasteiger charge is -2.05. The Balaban J connectivity index is 3.10. The SMILES string of the molecule is COC(=O)c1cc(CC(=O)O)cc(OC)n1. The van der Waals surface area contributed by atoms with Gasteiger partial charge in [0.25, 0.3) is 0 Å². The number of ether oxygens (including phenoxy) is 2. The molecular formula is C10H11NO5. The number of esters is 1. The van der Waals surface area contributed by atoms with Crippen LogP contribution >= 0.6 is 0 Å². The van der Waals surface area contributed by atoms with Gasteiger partial charge in [-0.2, -0.15) is 0 Å². The van der Waals surface area contributed by atoms with Gasteiger partial charge < -0.3 is 14.6 Å². The standard InChI is InChI=1S/C10H11NO5/c1-15-8-4-6(5-9(12)13)3-7(11-8)10(14)16-2/h3-4H,5H2,1-2H3,(H,12,13). The fourth-order valence-corrected chi connectivity index (χ4v) is 1.15. The van der Waals surface area contributed by atoms with Gasteiger partial charge in [-0.15, -0.1) is 0 Å². The van der Waals surface area contributed by atoms with Gasteiger partial charge in [0.15, 0.2) is 5.69 Å². The van der Waals surface area contributed by atoms with Gasteiger partial charge in [-0.25, -0.2) is 9.78 Å². The number of carbonyl (C=O) groups is 2. The number of hydrogen-bond acceptors (Lipinski definition) is 5. The molecule has 1 aromatic rings. The molecule has 0 aliphatic carbocycles. The van der Waals surface area contributed by atoms with E-state index in [1.54, 1.807) is 0 Å². The Morgan fingerprint density at radius 1 is 1.38 bits per heavy atom. The highest BCUT2D eigenvalue weighted by molar-refractivity contribution is 5.87. The minimum atomic E-state index is -0.996. The fourth-order valence-electron chi connectivity index (χ4n) is 1.15. The quantitative estimate of drug-likeness (QED) is 0.751. The molecule has 16 heavy (non-hydrogen) atoms. The maximum atomic E-state index is 11.2. The molecular weight excluding hydrogens is 214 g/mol. The zero-order chi connectivity index (χ0) is 12.1. The molecule has 0 aliphatic rings. The van der Waals surface area contributed by atoms with Crippen molar-refractivity contribution in [2.24, 2.45) is 0 Å². The van der Waals surface area contributed by atoms with Gasteiger partial charge in [-0.3, -0.25) is 4.79 Å². The fraction of sp³-hybridized carbons (Fsp3) is 0.300. The van der Waals surface area contributed by atoms with E-state index < -0.39 is 11.9 Å². The highest BCUT2D eigenvalue weighted by Gasteiger charge is 2.12. The molecule has 0 aliphatic heterocycles. The van der Waals surface area contributed by atoms with Crippen molar-refractivity contribution in [3.05, 3.63) is 23.4 Å². The molecule has 6 nitrogen and oxygen atoms in total. The first-order valence-electron chi connectivity index (χ1n) is 4.42. The molecule has 86 valence electrons. The average molecular weight is 225 g/mol. The van der Waals surface area contributed by atoms with Gasteiger partial charge in [0.05, 0.1) is 20.6 Å². The summed E-state index contributed by atoms with van der Waals surface area (Å²) in [6.45, 7) is 0. The highest BCUT2D eigenvalue weighted by atomic mass is 16.5. The largest absolute Gasteiger partial charge is 0.481 e. The van der Waals surface area contributed by atoms with Crippen LogP contribution in [0.1, 0.15) is 16.1 Å². The highest BCUT2D eigenvalue weighted by Crippen LogP contribution is 2.13. The number of aliphatic carboxylic acids is 1. The smallest absolute Gasteiger partial charge is 0.356 e. The number of methoxy groups -OCH3 is 2. The first-order valence-corrected chi connectivity index (χ1v) is 4.42. The molecule has 0 spiro atoms. The van der Waals surface area contributed by atoms with Crippen molar-refractivity contribution in [1.29, 1.82) is 0 Å². The molecule has 1 aromatic heterocycles. The Morgan fingerprint density at radius 3 is 2.56 bits per heavy atom. The third-order valence-electron chi connectivity index (χ3n) is 1.82. The maximum absolute atomic E-state index is 11.2. The third-order valence-corrected chi connectivity index (χ3v) is 1.82. The lowest BCUT2D eigenvalue weighted by atomic mass is 10.1. The van der Waals surface area contributed by atoms with Crippen LogP contribution < -0.4 is 4.74 Å². The molecule has 0 aromatic carbocycles. The monoisotopic (exact) mass is 225 g/mol. The number of carbonyl (C=O) groups excluding carboxylic acids is 1. The summed E-state index contributed by atoms with van der Waals surface area (Å²) in [4.78, 5) is 25.6. The van der Waals surface area contributed by atoms with Gasteiger partial charge in [-0.05, 0) is 11.6 Å². The molecule has 0 saturated heterocycles. The van der Waals surface area contributed by atoms with Crippen molar-refractivity contribution in [3.8, 4) is 5.88 Å². The van der Waals surface area contributed by atoms with Gasteiger partial charge >= 0.3 is 11.9 Å². The molecule has 1 rings (SSSR count). The lowest BCUT2D eigenvalue weighted by molar-refractivity contribution is -0.136. The van der Waals surface area contributed by atoms with E-state index in [-0.39, 0.29) is 18.0 Å². The van der Waals surface area contributed by atoms with Gasteiger partial charge in [0.1, 0.15) is 0 Å². The normalized spacial score (nSPS) is 9.62. The zero-order valence-electron chi connectivity index (χ0n) is 8.89. The van der Waals surface area contributed by atoms with Crippen LogP contribution in [-0.4, -0.2) is 36.2 Å². The predicted molar refractivity (Wildman–Crippen MR) is 53.5 cm³/mol. The van der Waals surface area contributed by atoms with Crippen molar-refractivity contribution in [3.63, 3.8) is 0 Å². The molecule has 0 radical (unpaired) electrons.